The molecular formula is C15H16Cl2O2. The van der Waals surface area contributed by atoms with Crippen LogP contribution in [-0.4, -0.2) is 11.1 Å². The second kappa shape index (κ2) is 4.39. The van der Waals surface area contributed by atoms with E-state index in [9.17, 15) is 9.90 Å². The van der Waals surface area contributed by atoms with E-state index in [0.29, 0.717) is 28.5 Å². The summed E-state index contributed by atoms with van der Waals surface area (Å²) < 4.78 is 0. The summed E-state index contributed by atoms with van der Waals surface area (Å²) in [6, 6.07) is 5.22. The molecule has 0 aromatic heterocycles. The van der Waals surface area contributed by atoms with Crippen molar-refractivity contribution >= 4 is 29.2 Å². The van der Waals surface area contributed by atoms with Gasteiger partial charge in [-0.1, -0.05) is 42.1 Å². The Labute approximate surface area is 122 Å². The average Bonchev–Trinajstić information content (AvgIpc) is 2.76. The fourth-order valence-corrected chi connectivity index (χ4v) is 4.86. The Hall–Kier alpha value is -0.730. The number of carboxylic acids is 1. The maximum Gasteiger partial charge on any atom is 0.314 e. The van der Waals surface area contributed by atoms with Gasteiger partial charge in [0.25, 0.3) is 0 Å². The lowest BCUT2D eigenvalue weighted by atomic mass is 9.49. The van der Waals surface area contributed by atoms with Crippen LogP contribution in [0.5, 0.6) is 0 Å². The Kier molecular flexibility index (Phi) is 3.06. The van der Waals surface area contributed by atoms with Crippen LogP contribution in [0.15, 0.2) is 18.2 Å². The van der Waals surface area contributed by atoms with Crippen molar-refractivity contribution in [1.82, 2.24) is 0 Å². The van der Waals surface area contributed by atoms with Crippen LogP contribution in [0.25, 0.3) is 0 Å². The lowest BCUT2D eigenvalue weighted by Crippen LogP contribution is -2.53. The molecule has 1 spiro atoms. The van der Waals surface area contributed by atoms with Gasteiger partial charge in [0, 0.05) is 15.6 Å². The van der Waals surface area contributed by atoms with Crippen LogP contribution in [0.4, 0.5) is 0 Å². The largest absolute Gasteiger partial charge is 0.481 e. The van der Waals surface area contributed by atoms with Crippen molar-refractivity contribution in [2.24, 2.45) is 5.41 Å². The molecule has 2 nitrogen and oxygen atoms in total. The first-order valence-corrected chi connectivity index (χ1v) is 7.43. The van der Waals surface area contributed by atoms with Crippen molar-refractivity contribution < 1.29 is 9.90 Å². The first-order valence-electron chi connectivity index (χ1n) is 6.67. The monoisotopic (exact) mass is 298 g/mol. The van der Waals surface area contributed by atoms with Gasteiger partial charge in [0.2, 0.25) is 0 Å². The Balaban J connectivity index is 2.02. The number of carboxylic acid groups (broad SMARTS) is 1. The van der Waals surface area contributed by atoms with Crippen LogP contribution in [0.3, 0.4) is 0 Å². The number of halogens is 2. The van der Waals surface area contributed by atoms with Gasteiger partial charge in [-0.05, 0) is 43.2 Å². The smallest absolute Gasteiger partial charge is 0.314 e. The van der Waals surface area contributed by atoms with Gasteiger partial charge in [-0.3, -0.25) is 4.79 Å². The van der Waals surface area contributed by atoms with E-state index in [1.807, 2.05) is 0 Å². The molecule has 0 aliphatic heterocycles. The Morgan fingerprint density at radius 1 is 1.11 bits per heavy atom. The average molecular weight is 299 g/mol. The maximum absolute atomic E-state index is 11.8. The Morgan fingerprint density at radius 2 is 1.63 bits per heavy atom. The van der Waals surface area contributed by atoms with Gasteiger partial charge in [0.05, 0.1) is 5.41 Å². The number of hydrogen-bond acceptors (Lipinski definition) is 1. The normalized spacial score (nSPS) is 23.3. The molecular weight excluding hydrogens is 283 g/mol. The third kappa shape index (κ3) is 1.88. The van der Waals surface area contributed by atoms with Gasteiger partial charge in [-0.15, -0.1) is 0 Å². The van der Waals surface area contributed by atoms with Crippen molar-refractivity contribution in [3.63, 3.8) is 0 Å². The molecule has 3 rings (SSSR count). The van der Waals surface area contributed by atoms with E-state index in [1.54, 1.807) is 18.2 Å². The lowest BCUT2D eigenvalue weighted by molar-refractivity contribution is -0.154. The SMILES string of the molecule is O=C(O)C1(c2c(Cl)cccc2Cl)CC2(CCCC2)C1. The van der Waals surface area contributed by atoms with Crippen molar-refractivity contribution in [2.75, 3.05) is 0 Å². The molecule has 0 bridgehead atoms. The minimum Gasteiger partial charge on any atom is -0.481 e. The quantitative estimate of drug-likeness (QED) is 0.861. The Bertz CT molecular complexity index is 505. The maximum atomic E-state index is 11.8. The molecule has 2 fully saturated rings. The molecule has 1 N–H and O–H groups in total. The van der Waals surface area contributed by atoms with Crippen molar-refractivity contribution in [3.8, 4) is 0 Å². The fraction of sp³-hybridized carbons (Fsp3) is 0.533. The summed E-state index contributed by atoms with van der Waals surface area (Å²) >= 11 is 12.4. The van der Waals surface area contributed by atoms with Gasteiger partial charge in [-0.2, -0.15) is 0 Å². The van der Waals surface area contributed by atoms with Crippen LogP contribution < -0.4 is 0 Å². The van der Waals surface area contributed by atoms with Crippen LogP contribution in [0, 0.1) is 5.41 Å². The first kappa shape index (κ1) is 13.3. The van der Waals surface area contributed by atoms with Crippen LogP contribution >= 0.6 is 23.2 Å². The summed E-state index contributed by atoms with van der Waals surface area (Å²) in [5.74, 6) is -0.792. The molecule has 0 unspecified atom stereocenters. The highest BCUT2D eigenvalue weighted by atomic mass is 35.5. The molecule has 2 aliphatic rings. The highest BCUT2D eigenvalue weighted by Crippen LogP contribution is 2.64. The second-order valence-electron chi connectivity index (χ2n) is 6.04. The third-order valence-corrected chi connectivity index (χ3v) is 5.50. The summed E-state index contributed by atoms with van der Waals surface area (Å²) in [5, 5.41) is 10.7. The highest BCUT2D eigenvalue weighted by Gasteiger charge is 2.61. The van der Waals surface area contributed by atoms with Crippen molar-refractivity contribution in [2.45, 2.75) is 43.9 Å². The molecule has 1 aromatic rings. The lowest BCUT2D eigenvalue weighted by Gasteiger charge is -2.53. The van der Waals surface area contributed by atoms with Gasteiger partial charge in [0.15, 0.2) is 0 Å². The number of aliphatic carboxylic acids is 1. The van der Waals surface area contributed by atoms with E-state index in [-0.39, 0.29) is 5.41 Å². The summed E-state index contributed by atoms with van der Waals surface area (Å²) in [6.07, 6.45) is 6.07. The molecule has 0 heterocycles. The molecule has 1 aromatic carbocycles. The van der Waals surface area contributed by atoms with E-state index < -0.39 is 11.4 Å². The van der Waals surface area contributed by atoms with Crippen molar-refractivity contribution in [3.05, 3.63) is 33.8 Å². The number of hydrogen-bond donors (Lipinski definition) is 1. The zero-order valence-electron chi connectivity index (χ0n) is 10.6. The van der Waals surface area contributed by atoms with E-state index in [4.69, 9.17) is 23.2 Å². The molecule has 0 atom stereocenters. The molecule has 19 heavy (non-hydrogen) atoms. The first-order chi connectivity index (χ1) is 8.99. The second-order valence-corrected chi connectivity index (χ2v) is 6.86. The predicted octanol–water partition coefficient (Wildman–Crippen LogP) is 4.67. The van der Waals surface area contributed by atoms with Crippen molar-refractivity contribution in [1.29, 1.82) is 0 Å². The fourth-order valence-electron chi connectivity index (χ4n) is 4.10. The minimum absolute atomic E-state index is 0.223. The zero-order chi connectivity index (χ0) is 13.7. The van der Waals surface area contributed by atoms with E-state index in [0.717, 1.165) is 12.8 Å². The zero-order valence-corrected chi connectivity index (χ0v) is 12.1. The number of rotatable bonds is 2. The van der Waals surface area contributed by atoms with Gasteiger partial charge >= 0.3 is 5.97 Å². The summed E-state index contributed by atoms with van der Waals surface area (Å²) in [7, 11) is 0. The van der Waals surface area contributed by atoms with Gasteiger partial charge in [-0.25, -0.2) is 0 Å². The molecule has 0 saturated heterocycles. The summed E-state index contributed by atoms with van der Waals surface area (Å²) in [6.45, 7) is 0. The number of benzene rings is 1. The molecule has 2 aliphatic carbocycles. The third-order valence-electron chi connectivity index (χ3n) is 4.87. The van der Waals surface area contributed by atoms with Crippen LogP contribution in [0.2, 0.25) is 10.0 Å². The summed E-state index contributed by atoms with van der Waals surface area (Å²) in [5.41, 5.74) is -0.0379. The summed E-state index contributed by atoms with van der Waals surface area (Å²) in [4.78, 5) is 11.8. The topological polar surface area (TPSA) is 37.3 Å². The molecule has 2 saturated carbocycles. The van der Waals surface area contributed by atoms with E-state index in [2.05, 4.69) is 0 Å². The molecule has 102 valence electrons. The highest BCUT2D eigenvalue weighted by molar-refractivity contribution is 6.36. The molecule has 4 heteroatoms. The Morgan fingerprint density at radius 3 is 2.11 bits per heavy atom. The van der Waals surface area contributed by atoms with Gasteiger partial charge < -0.3 is 5.11 Å². The van der Waals surface area contributed by atoms with E-state index in [1.165, 1.54) is 12.8 Å². The standard InChI is InChI=1S/C15H16Cl2O2/c16-10-4-3-5-11(17)12(10)15(13(18)19)8-14(9-15)6-1-2-7-14/h3-5H,1-2,6-9H2,(H,18,19). The van der Waals surface area contributed by atoms with E-state index >= 15 is 0 Å². The predicted molar refractivity (Wildman–Crippen MR) is 75.9 cm³/mol. The minimum atomic E-state index is -0.875. The molecule has 0 radical (unpaired) electrons. The van der Waals surface area contributed by atoms with Crippen LogP contribution in [-0.2, 0) is 10.2 Å². The van der Waals surface area contributed by atoms with Crippen LogP contribution in [0.1, 0.15) is 44.1 Å². The number of carbonyl (C=O) groups is 1. The van der Waals surface area contributed by atoms with Gasteiger partial charge in [0.1, 0.15) is 0 Å². The molecule has 0 amide bonds.